The van der Waals surface area contributed by atoms with Gasteiger partial charge in [-0.25, -0.2) is 0 Å². The summed E-state index contributed by atoms with van der Waals surface area (Å²) in [6.07, 6.45) is 0.458. The zero-order valence-corrected chi connectivity index (χ0v) is 13.7. The molecule has 0 aliphatic carbocycles. The number of hydrogen-bond acceptors (Lipinski definition) is 2. The molecular weight excluding hydrogens is 274 g/mol. The highest BCUT2D eigenvalue weighted by Crippen LogP contribution is 2.26. The fourth-order valence-corrected chi connectivity index (χ4v) is 1.97. The fourth-order valence-electron chi connectivity index (χ4n) is 1.86. The Morgan fingerprint density at radius 2 is 1.80 bits per heavy atom. The quantitative estimate of drug-likeness (QED) is 0.865. The summed E-state index contributed by atoms with van der Waals surface area (Å²) in [6, 6.07) is 3.71. The number of amides is 1. The van der Waals surface area contributed by atoms with Gasteiger partial charge in [0.2, 0.25) is 0 Å². The van der Waals surface area contributed by atoms with Crippen LogP contribution in [0.4, 0.5) is 0 Å². The molecule has 0 fully saturated rings. The third-order valence-electron chi connectivity index (χ3n) is 3.11. The Morgan fingerprint density at radius 1 is 1.25 bits per heavy atom. The molecule has 0 saturated heterocycles. The van der Waals surface area contributed by atoms with Crippen LogP contribution in [0.2, 0.25) is 5.02 Å². The van der Waals surface area contributed by atoms with Crippen LogP contribution >= 0.6 is 11.6 Å². The second-order valence-electron chi connectivity index (χ2n) is 5.60. The van der Waals surface area contributed by atoms with Crippen molar-refractivity contribution in [2.45, 2.75) is 47.1 Å². The van der Waals surface area contributed by atoms with Gasteiger partial charge in [0.15, 0.2) is 6.10 Å². The van der Waals surface area contributed by atoms with Crippen molar-refractivity contribution in [2.24, 2.45) is 5.92 Å². The van der Waals surface area contributed by atoms with Crippen LogP contribution in [-0.2, 0) is 4.79 Å². The minimum absolute atomic E-state index is 0.0871. The molecule has 0 aliphatic rings. The number of aryl methyl sites for hydroxylation is 2. The molecule has 0 aromatic heterocycles. The van der Waals surface area contributed by atoms with Gasteiger partial charge in [0.1, 0.15) is 5.75 Å². The van der Waals surface area contributed by atoms with Crippen LogP contribution in [-0.4, -0.2) is 18.6 Å². The first-order chi connectivity index (χ1) is 9.31. The molecule has 1 atom stereocenters. The maximum atomic E-state index is 11.9. The van der Waals surface area contributed by atoms with Crippen molar-refractivity contribution in [1.82, 2.24) is 5.32 Å². The van der Waals surface area contributed by atoms with Crippen molar-refractivity contribution >= 4 is 17.5 Å². The summed E-state index contributed by atoms with van der Waals surface area (Å²) in [5.41, 5.74) is 1.91. The third-order valence-corrected chi connectivity index (χ3v) is 3.71. The van der Waals surface area contributed by atoms with Gasteiger partial charge in [0.25, 0.3) is 5.91 Å². The van der Waals surface area contributed by atoms with Crippen molar-refractivity contribution in [2.75, 3.05) is 6.54 Å². The molecule has 0 radical (unpaired) electrons. The van der Waals surface area contributed by atoms with Gasteiger partial charge in [-0.15, -0.1) is 0 Å². The lowest BCUT2D eigenvalue weighted by atomic mass is 10.1. The molecule has 1 unspecified atom stereocenters. The summed E-state index contributed by atoms with van der Waals surface area (Å²) < 4.78 is 5.68. The first-order valence-corrected chi connectivity index (χ1v) is 7.40. The van der Waals surface area contributed by atoms with Crippen LogP contribution in [0, 0.1) is 19.8 Å². The number of halogens is 1. The van der Waals surface area contributed by atoms with Crippen LogP contribution in [0.25, 0.3) is 0 Å². The molecule has 1 aromatic rings. The molecular formula is C16H24ClNO2. The van der Waals surface area contributed by atoms with Gasteiger partial charge in [0.05, 0.1) is 0 Å². The van der Waals surface area contributed by atoms with E-state index in [4.69, 9.17) is 16.3 Å². The number of hydrogen-bond donors (Lipinski definition) is 1. The Kier molecular flexibility index (Phi) is 6.34. The van der Waals surface area contributed by atoms with E-state index >= 15 is 0 Å². The van der Waals surface area contributed by atoms with Gasteiger partial charge in [-0.05, 0) is 56.4 Å². The van der Waals surface area contributed by atoms with E-state index in [0.29, 0.717) is 18.2 Å². The van der Waals surface area contributed by atoms with Gasteiger partial charge in [-0.3, -0.25) is 4.79 Å². The molecule has 1 N–H and O–H groups in total. The third kappa shape index (κ3) is 5.04. The zero-order chi connectivity index (χ0) is 15.3. The smallest absolute Gasteiger partial charge is 0.260 e. The van der Waals surface area contributed by atoms with E-state index in [0.717, 1.165) is 22.6 Å². The highest BCUT2D eigenvalue weighted by Gasteiger charge is 2.15. The van der Waals surface area contributed by atoms with Crippen molar-refractivity contribution in [1.29, 1.82) is 0 Å². The van der Waals surface area contributed by atoms with E-state index < -0.39 is 6.10 Å². The Morgan fingerprint density at radius 3 is 2.30 bits per heavy atom. The number of carbonyl (C=O) groups is 1. The summed E-state index contributed by atoms with van der Waals surface area (Å²) >= 11 is 6.11. The largest absolute Gasteiger partial charge is 0.481 e. The standard InChI is InChI=1S/C16H24ClNO2/c1-10(2)6-7-18-16(19)13(5)20-14-8-11(3)15(17)12(4)9-14/h8-10,13H,6-7H2,1-5H3,(H,18,19). The van der Waals surface area contributed by atoms with Crippen LogP contribution in [0.15, 0.2) is 12.1 Å². The number of nitrogens with one attached hydrogen (secondary N) is 1. The molecule has 1 aromatic carbocycles. The predicted molar refractivity (Wildman–Crippen MR) is 83.5 cm³/mol. The lowest BCUT2D eigenvalue weighted by molar-refractivity contribution is -0.127. The van der Waals surface area contributed by atoms with Crippen LogP contribution in [0.5, 0.6) is 5.75 Å². The summed E-state index contributed by atoms with van der Waals surface area (Å²) in [5, 5.41) is 3.63. The van der Waals surface area contributed by atoms with Crippen molar-refractivity contribution in [3.63, 3.8) is 0 Å². The van der Waals surface area contributed by atoms with E-state index in [1.54, 1.807) is 6.92 Å². The van der Waals surface area contributed by atoms with Crippen molar-refractivity contribution in [3.8, 4) is 5.75 Å². The Hall–Kier alpha value is -1.22. The minimum atomic E-state index is -0.512. The monoisotopic (exact) mass is 297 g/mol. The molecule has 112 valence electrons. The van der Waals surface area contributed by atoms with E-state index in [-0.39, 0.29) is 5.91 Å². The molecule has 0 spiro atoms. The molecule has 0 heterocycles. The highest BCUT2D eigenvalue weighted by molar-refractivity contribution is 6.32. The van der Waals surface area contributed by atoms with E-state index in [1.807, 2.05) is 26.0 Å². The Balaban J connectivity index is 2.57. The summed E-state index contributed by atoms with van der Waals surface area (Å²) in [5.74, 6) is 1.17. The second-order valence-corrected chi connectivity index (χ2v) is 5.98. The van der Waals surface area contributed by atoms with Gasteiger partial charge in [-0.1, -0.05) is 25.4 Å². The first kappa shape index (κ1) is 16.8. The van der Waals surface area contributed by atoms with Crippen LogP contribution in [0.3, 0.4) is 0 Å². The van der Waals surface area contributed by atoms with Crippen molar-refractivity contribution < 1.29 is 9.53 Å². The van der Waals surface area contributed by atoms with Gasteiger partial charge in [-0.2, -0.15) is 0 Å². The number of rotatable bonds is 6. The van der Waals surface area contributed by atoms with Crippen LogP contribution in [0.1, 0.15) is 38.3 Å². The maximum Gasteiger partial charge on any atom is 0.260 e. The molecule has 20 heavy (non-hydrogen) atoms. The topological polar surface area (TPSA) is 38.3 Å². The number of carbonyl (C=O) groups excluding carboxylic acids is 1. The highest BCUT2D eigenvalue weighted by atomic mass is 35.5. The summed E-state index contributed by atoms with van der Waals surface area (Å²) in [6.45, 7) is 10.6. The van der Waals surface area contributed by atoms with E-state index in [9.17, 15) is 4.79 Å². The molecule has 4 heteroatoms. The van der Waals surface area contributed by atoms with Gasteiger partial charge >= 0.3 is 0 Å². The fraction of sp³-hybridized carbons (Fsp3) is 0.562. The summed E-state index contributed by atoms with van der Waals surface area (Å²) in [7, 11) is 0. The zero-order valence-electron chi connectivity index (χ0n) is 12.9. The summed E-state index contributed by atoms with van der Waals surface area (Å²) in [4.78, 5) is 11.9. The average molecular weight is 298 g/mol. The first-order valence-electron chi connectivity index (χ1n) is 7.02. The Bertz CT molecular complexity index is 449. The van der Waals surface area contributed by atoms with E-state index in [1.165, 1.54) is 0 Å². The normalized spacial score (nSPS) is 12.3. The lowest BCUT2D eigenvalue weighted by Gasteiger charge is -2.16. The minimum Gasteiger partial charge on any atom is -0.481 e. The van der Waals surface area contributed by atoms with Gasteiger partial charge in [0, 0.05) is 11.6 Å². The predicted octanol–water partition coefficient (Wildman–Crippen LogP) is 3.89. The maximum absolute atomic E-state index is 11.9. The van der Waals surface area contributed by atoms with Crippen LogP contribution < -0.4 is 10.1 Å². The molecule has 0 aliphatic heterocycles. The lowest BCUT2D eigenvalue weighted by Crippen LogP contribution is -2.37. The molecule has 1 rings (SSSR count). The molecule has 3 nitrogen and oxygen atoms in total. The van der Waals surface area contributed by atoms with Crippen molar-refractivity contribution in [3.05, 3.63) is 28.3 Å². The number of benzene rings is 1. The van der Waals surface area contributed by atoms with Gasteiger partial charge < -0.3 is 10.1 Å². The van der Waals surface area contributed by atoms with E-state index in [2.05, 4.69) is 19.2 Å². The Labute approximate surface area is 126 Å². The number of ether oxygens (including phenoxy) is 1. The average Bonchev–Trinajstić information content (AvgIpc) is 2.35. The molecule has 1 amide bonds. The molecule has 0 bridgehead atoms. The molecule has 0 saturated carbocycles. The SMILES string of the molecule is Cc1cc(OC(C)C(=O)NCCC(C)C)cc(C)c1Cl. The second kappa shape index (κ2) is 7.53.